The van der Waals surface area contributed by atoms with Gasteiger partial charge in [-0.2, -0.15) is 0 Å². The van der Waals surface area contributed by atoms with Gasteiger partial charge in [-0.3, -0.25) is 0 Å². The van der Waals surface area contributed by atoms with E-state index in [0.717, 1.165) is 19.3 Å². The normalized spacial score (nSPS) is 8.57. The van der Waals surface area contributed by atoms with Crippen LogP contribution in [0.5, 0.6) is 0 Å². The summed E-state index contributed by atoms with van der Waals surface area (Å²) in [6, 6.07) is 0. The van der Waals surface area contributed by atoms with Gasteiger partial charge in [-0.15, -0.1) is 0 Å². The van der Waals surface area contributed by atoms with Crippen LogP contribution in [0, 0.1) is 0 Å². The highest BCUT2D eigenvalue weighted by Crippen LogP contribution is 1.90. The number of rotatable bonds is 5. The van der Waals surface area contributed by atoms with Gasteiger partial charge in [0.25, 0.3) is 0 Å². The van der Waals surface area contributed by atoms with E-state index < -0.39 is 0 Å². The summed E-state index contributed by atoms with van der Waals surface area (Å²) in [5, 5.41) is 16.4. The van der Waals surface area contributed by atoms with Crippen LogP contribution < -0.4 is 0 Å². The molecule has 0 radical (unpaired) electrons. The van der Waals surface area contributed by atoms with Crippen molar-refractivity contribution in [1.29, 1.82) is 0 Å². The molecule has 0 aliphatic carbocycles. The third-order valence-corrected chi connectivity index (χ3v) is 1.35. The summed E-state index contributed by atoms with van der Waals surface area (Å²) in [4.78, 5) is 10.2. The number of esters is 1. The van der Waals surface area contributed by atoms with Crippen LogP contribution in [0.3, 0.4) is 0 Å². The minimum absolute atomic E-state index is 0.250. The Morgan fingerprint density at radius 3 is 1.79 bits per heavy atom. The van der Waals surface area contributed by atoms with Gasteiger partial charge in [-0.05, 0) is 26.2 Å². The van der Waals surface area contributed by atoms with Crippen LogP contribution in [0.15, 0.2) is 12.2 Å². The van der Waals surface area contributed by atoms with Gasteiger partial charge in [0.1, 0.15) is 0 Å². The van der Waals surface area contributed by atoms with Crippen molar-refractivity contribution in [2.24, 2.45) is 0 Å². The molecule has 0 aliphatic heterocycles. The highest BCUT2D eigenvalue weighted by molar-refractivity contribution is 5.86. The number of aliphatic hydroxyl groups is 2. The van der Waals surface area contributed by atoms with Crippen LogP contribution >= 0.6 is 0 Å². The zero-order valence-electron chi connectivity index (χ0n) is 8.95. The Morgan fingerprint density at radius 1 is 1.21 bits per heavy atom. The van der Waals surface area contributed by atoms with Crippen LogP contribution in [0.2, 0.25) is 0 Å². The molecule has 84 valence electrons. The largest absolute Gasteiger partial charge is 0.466 e. The van der Waals surface area contributed by atoms with Crippen molar-refractivity contribution in [3.05, 3.63) is 12.2 Å². The molecule has 0 saturated carbocycles. The lowest BCUT2D eigenvalue weighted by atomic mass is 10.2. The first-order chi connectivity index (χ1) is 6.59. The molecule has 0 amide bonds. The highest BCUT2D eigenvalue weighted by atomic mass is 16.5. The van der Waals surface area contributed by atoms with E-state index in [0.29, 0.717) is 5.57 Å². The zero-order valence-corrected chi connectivity index (χ0v) is 8.95. The zero-order chi connectivity index (χ0) is 11.4. The third-order valence-electron chi connectivity index (χ3n) is 1.35. The van der Waals surface area contributed by atoms with Gasteiger partial charge in [0.05, 0.1) is 7.11 Å². The molecule has 4 heteroatoms. The Balaban J connectivity index is 0. The van der Waals surface area contributed by atoms with E-state index in [4.69, 9.17) is 10.2 Å². The minimum Gasteiger partial charge on any atom is -0.466 e. The molecule has 0 bridgehead atoms. The average molecular weight is 204 g/mol. The van der Waals surface area contributed by atoms with Gasteiger partial charge in [-0.1, -0.05) is 6.58 Å². The molecule has 0 spiro atoms. The van der Waals surface area contributed by atoms with E-state index in [-0.39, 0.29) is 19.2 Å². The standard InChI is InChI=1S/C5H8O2.C5H12O2/c1-4(2)5(6)7-3;6-4-2-1-3-5-7/h1H2,2-3H3;6-7H,1-5H2. The number of ether oxygens (including phenoxy) is 1. The van der Waals surface area contributed by atoms with E-state index in [1.54, 1.807) is 6.92 Å². The van der Waals surface area contributed by atoms with Crippen LogP contribution in [-0.4, -0.2) is 36.5 Å². The summed E-state index contributed by atoms with van der Waals surface area (Å²) in [5.74, 6) is -0.347. The SMILES string of the molecule is C=C(C)C(=O)OC.OCCCCCO. The van der Waals surface area contributed by atoms with Gasteiger partial charge < -0.3 is 14.9 Å². The van der Waals surface area contributed by atoms with Gasteiger partial charge in [0, 0.05) is 18.8 Å². The van der Waals surface area contributed by atoms with E-state index in [2.05, 4.69) is 11.3 Å². The molecule has 0 unspecified atom stereocenters. The minimum atomic E-state index is -0.347. The maximum atomic E-state index is 10.2. The Bertz CT molecular complexity index is 150. The van der Waals surface area contributed by atoms with Crippen LogP contribution in [-0.2, 0) is 9.53 Å². The Hall–Kier alpha value is -0.870. The van der Waals surface area contributed by atoms with Crippen molar-refractivity contribution in [1.82, 2.24) is 0 Å². The summed E-state index contributed by atoms with van der Waals surface area (Å²) in [6.07, 6.45) is 2.58. The number of hydrogen-bond donors (Lipinski definition) is 2. The lowest BCUT2D eigenvalue weighted by Gasteiger charge is -1.91. The second-order valence-electron chi connectivity index (χ2n) is 2.78. The van der Waals surface area contributed by atoms with Crippen LogP contribution in [0.1, 0.15) is 26.2 Å². The Labute approximate surface area is 85.2 Å². The number of methoxy groups -OCH3 is 1. The molecule has 0 aliphatic rings. The maximum absolute atomic E-state index is 10.2. The molecule has 14 heavy (non-hydrogen) atoms. The number of carbonyl (C=O) groups is 1. The van der Waals surface area contributed by atoms with Crippen molar-refractivity contribution in [3.8, 4) is 0 Å². The molecule has 0 heterocycles. The molecule has 0 atom stereocenters. The monoisotopic (exact) mass is 204 g/mol. The molecular weight excluding hydrogens is 184 g/mol. The van der Waals surface area contributed by atoms with E-state index in [9.17, 15) is 4.79 Å². The second-order valence-corrected chi connectivity index (χ2v) is 2.78. The molecule has 0 aromatic heterocycles. The highest BCUT2D eigenvalue weighted by Gasteiger charge is 1.95. The quantitative estimate of drug-likeness (QED) is 0.396. The molecule has 0 fully saturated rings. The van der Waals surface area contributed by atoms with E-state index >= 15 is 0 Å². The molecule has 2 N–H and O–H groups in total. The third kappa shape index (κ3) is 13.7. The number of carbonyl (C=O) groups excluding carboxylic acids is 1. The lowest BCUT2D eigenvalue weighted by molar-refractivity contribution is -0.136. The summed E-state index contributed by atoms with van der Waals surface area (Å²) < 4.78 is 4.27. The maximum Gasteiger partial charge on any atom is 0.332 e. The predicted molar refractivity (Wildman–Crippen MR) is 54.9 cm³/mol. The van der Waals surface area contributed by atoms with Gasteiger partial charge >= 0.3 is 5.97 Å². The summed E-state index contributed by atoms with van der Waals surface area (Å²) in [6.45, 7) is 5.45. The summed E-state index contributed by atoms with van der Waals surface area (Å²) in [7, 11) is 1.33. The molecule has 0 rings (SSSR count). The summed E-state index contributed by atoms with van der Waals surface area (Å²) in [5.41, 5.74) is 0.433. The molecular formula is C10H20O4. The number of aliphatic hydroxyl groups excluding tert-OH is 2. The smallest absolute Gasteiger partial charge is 0.332 e. The van der Waals surface area contributed by atoms with Crippen LogP contribution in [0.25, 0.3) is 0 Å². The Morgan fingerprint density at radius 2 is 1.64 bits per heavy atom. The number of hydrogen-bond acceptors (Lipinski definition) is 4. The van der Waals surface area contributed by atoms with Crippen molar-refractivity contribution < 1.29 is 19.7 Å². The first-order valence-corrected chi connectivity index (χ1v) is 4.55. The predicted octanol–water partition coefficient (Wildman–Crippen LogP) is 0.877. The summed E-state index contributed by atoms with van der Waals surface area (Å²) >= 11 is 0. The molecule has 0 saturated heterocycles. The van der Waals surface area contributed by atoms with Crippen LogP contribution in [0.4, 0.5) is 0 Å². The molecule has 4 nitrogen and oxygen atoms in total. The fourth-order valence-electron chi connectivity index (χ4n) is 0.575. The first kappa shape index (κ1) is 15.6. The second kappa shape index (κ2) is 12.1. The van der Waals surface area contributed by atoms with Gasteiger partial charge in [0.2, 0.25) is 0 Å². The topological polar surface area (TPSA) is 66.8 Å². The van der Waals surface area contributed by atoms with Gasteiger partial charge in [-0.25, -0.2) is 4.79 Å². The van der Waals surface area contributed by atoms with Crippen molar-refractivity contribution in [2.75, 3.05) is 20.3 Å². The van der Waals surface area contributed by atoms with Crippen molar-refractivity contribution in [2.45, 2.75) is 26.2 Å². The fraction of sp³-hybridized carbons (Fsp3) is 0.700. The number of unbranched alkanes of at least 4 members (excludes halogenated alkanes) is 2. The van der Waals surface area contributed by atoms with Crippen molar-refractivity contribution >= 4 is 5.97 Å². The lowest BCUT2D eigenvalue weighted by Crippen LogP contribution is -1.98. The van der Waals surface area contributed by atoms with Crippen molar-refractivity contribution in [3.63, 3.8) is 0 Å². The van der Waals surface area contributed by atoms with Gasteiger partial charge in [0.15, 0.2) is 0 Å². The molecule has 0 aromatic rings. The fourth-order valence-corrected chi connectivity index (χ4v) is 0.575. The van der Waals surface area contributed by atoms with E-state index in [1.807, 2.05) is 0 Å². The molecule has 0 aromatic carbocycles. The first-order valence-electron chi connectivity index (χ1n) is 4.55. The average Bonchev–Trinajstić information content (AvgIpc) is 2.18. The van der Waals surface area contributed by atoms with E-state index in [1.165, 1.54) is 7.11 Å². The Kier molecular flexibility index (Phi) is 13.5.